The Morgan fingerprint density at radius 2 is 1.86 bits per heavy atom. The van der Waals surface area contributed by atoms with Crippen molar-refractivity contribution in [1.29, 1.82) is 0 Å². The monoisotopic (exact) mass is 312 g/mol. The summed E-state index contributed by atoms with van der Waals surface area (Å²) in [6.07, 6.45) is 0.856. The minimum Gasteiger partial charge on any atom is -0.452 e. The van der Waals surface area contributed by atoms with E-state index in [2.05, 4.69) is 10.2 Å². The van der Waals surface area contributed by atoms with E-state index in [0.717, 1.165) is 15.6 Å². The van der Waals surface area contributed by atoms with E-state index in [1.54, 1.807) is 18.2 Å². The molecular weight excluding hydrogens is 292 g/mol. The van der Waals surface area contributed by atoms with Crippen LogP contribution in [0.4, 0.5) is 4.79 Å². The summed E-state index contributed by atoms with van der Waals surface area (Å²) in [5.74, 6) is 0. The van der Waals surface area contributed by atoms with Crippen molar-refractivity contribution in [2.24, 2.45) is 0 Å². The van der Waals surface area contributed by atoms with Gasteiger partial charge >= 0.3 is 6.09 Å². The van der Waals surface area contributed by atoms with Gasteiger partial charge in [0.05, 0.1) is 18.6 Å². The van der Waals surface area contributed by atoms with Crippen molar-refractivity contribution in [3.05, 3.63) is 41.5 Å². The number of nitrogens with zero attached hydrogens (tertiary/aromatic N) is 1. The molecule has 0 aliphatic rings. The number of hydrogen-bond acceptors (Lipinski definition) is 4. The van der Waals surface area contributed by atoms with Gasteiger partial charge in [-0.25, -0.2) is 18.6 Å². The molecule has 0 fully saturated rings. The average Bonchev–Trinajstić information content (AvgIpc) is 2.43. The van der Waals surface area contributed by atoms with Crippen LogP contribution < -0.4 is 5.43 Å². The number of carbonyl (C=O) groups excluding carboxylic acids is 1. The second kappa shape index (κ2) is 7.24. The number of methoxy groups -OCH3 is 1. The molecule has 0 bridgehead atoms. The number of ether oxygens (including phenoxy) is 1. The van der Waals surface area contributed by atoms with Gasteiger partial charge in [-0.3, -0.25) is 0 Å². The average molecular weight is 312 g/mol. The lowest BCUT2D eigenvalue weighted by Gasteiger charge is -2.21. The summed E-state index contributed by atoms with van der Waals surface area (Å²) < 4.78 is 30.4. The van der Waals surface area contributed by atoms with Gasteiger partial charge in [0.2, 0.25) is 0 Å². The molecule has 0 aromatic heterocycles. The molecule has 0 saturated carbocycles. The summed E-state index contributed by atoms with van der Waals surface area (Å²) in [6, 6.07) is 6.40. The summed E-state index contributed by atoms with van der Waals surface area (Å²) in [7, 11) is -2.67. The molecule has 1 aromatic carbocycles. The molecule has 0 aliphatic carbocycles. The third kappa shape index (κ3) is 4.87. The lowest BCUT2D eigenvalue weighted by atomic mass is 10.2. The molecule has 0 aliphatic heterocycles. The standard InChI is InChI=1S/C14H20N2O4S/c1-11(2)9-10-16(15-14(17)20-4)21(18,19)13-7-5-12(3)6-8-13/h5-9H,10H2,1-4H3,(H,15,17). The molecule has 0 heterocycles. The highest BCUT2D eigenvalue weighted by Crippen LogP contribution is 2.15. The Morgan fingerprint density at radius 3 is 2.33 bits per heavy atom. The van der Waals surface area contributed by atoms with E-state index in [0.29, 0.717) is 0 Å². The number of benzene rings is 1. The van der Waals surface area contributed by atoms with Crippen molar-refractivity contribution in [2.45, 2.75) is 25.7 Å². The summed E-state index contributed by atoms with van der Waals surface area (Å²) in [6.45, 7) is 5.57. The predicted octanol–water partition coefficient (Wildman–Crippen LogP) is 2.22. The van der Waals surface area contributed by atoms with Crippen LogP contribution in [0, 0.1) is 6.92 Å². The molecule has 0 atom stereocenters. The van der Waals surface area contributed by atoms with Gasteiger partial charge in [0, 0.05) is 0 Å². The number of nitrogens with one attached hydrogen (secondary N) is 1. The zero-order chi connectivity index (χ0) is 16.0. The highest BCUT2D eigenvalue weighted by molar-refractivity contribution is 7.89. The van der Waals surface area contributed by atoms with Crippen LogP contribution >= 0.6 is 0 Å². The Hall–Kier alpha value is -1.86. The number of rotatable bonds is 5. The van der Waals surface area contributed by atoms with Gasteiger partial charge in [0.1, 0.15) is 0 Å². The first-order chi connectivity index (χ1) is 9.77. The minimum atomic E-state index is -3.84. The second-order valence-electron chi connectivity index (χ2n) is 4.73. The van der Waals surface area contributed by atoms with E-state index in [1.165, 1.54) is 19.2 Å². The van der Waals surface area contributed by atoms with Gasteiger partial charge in [-0.1, -0.05) is 29.3 Å². The Morgan fingerprint density at radius 1 is 1.29 bits per heavy atom. The van der Waals surface area contributed by atoms with Crippen molar-refractivity contribution in [3.63, 3.8) is 0 Å². The largest absolute Gasteiger partial charge is 0.452 e. The van der Waals surface area contributed by atoms with Crippen LogP contribution in [-0.4, -0.2) is 32.6 Å². The van der Waals surface area contributed by atoms with Crippen molar-refractivity contribution in [1.82, 2.24) is 9.84 Å². The third-order valence-corrected chi connectivity index (χ3v) is 4.36. The second-order valence-corrected chi connectivity index (χ2v) is 6.60. The van der Waals surface area contributed by atoms with Crippen LogP contribution in [-0.2, 0) is 14.8 Å². The van der Waals surface area contributed by atoms with Gasteiger partial charge < -0.3 is 4.74 Å². The Balaban J connectivity index is 3.12. The molecule has 0 unspecified atom stereocenters. The number of sulfonamides is 1. The van der Waals surface area contributed by atoms with E-state index >= 15 is 0 Å². The molecule has 1 rings (SSSR count). The minimum absolute atomic E-state index is 0.0215. The predicted molar refractivity (Wildman–Crippen MR) is 80.0 cm³/mol. The van der Waals surface area contributed by atoms with Crippen LogP contribution in [0.15, 0.2) is 40.8 Å². The quantitative estimate of drug-likeness (QED) is 0.668. The lowest BCUT2D eigenvalue weighted by Crippen LogP contribution is -2.46. The van der Waals surface area contributed by atoms with Crippen LogP contribution in [0.3, 0.4) is 0 Å². The van der Waals surface area contributed by atoms with E-state index in [1.807, 2.05) is 20.8 Å². The molecule has 0 spiro atoms. The van der Waals surface area contributed by atoms with E-state index in [-0.39, 0.29) is 11.4 Å². The number of aryl methyl sites for hydroxylation is 1. The van der Waals surface area contributed by atoms with Gasteiger partial charge in [-0.2, -0.15) is 0 Å². The molecular formula is C14H20N2O4S. The Kier molecular flexibility index (Phi) is 5.92. The van der Waals surface area contributed by atoms with Gasteiger partial charge in [-0.05, 0) is 32.9 Å². The number of amides is 1. The first-order valence-corrected chi connectivity index (χ1v) is 7.78. The molecule has 7 heteroatoms. The van der Waals surface area contributed by atoms with Crippen molar-refractivity contribution < 1.29 is 17.9 Å². The molecule has 1 aromatic rings. The van der Waals surface area contributed by atoms with Crippen molar-refractivity contribution in [2.75, 3.05) is 13.7 Å². The zero-order valence-corrected chi connectivity index (χ0v) is 13.4. The summed E-state index contributed by atoms with van der Waals surface area (Å²) in [5, 5.41) is 0. The first kappa shape index (κ1) is 17.2. The number of carbonyl (C=O) groups is 1. The maximum Gasteiger partial charge on any atom is 0.422 e. The lowest BCUT2D eigenvalue weighted by molar-refractivity contribution is 0.152. The van der Waals surface area contributed by atoms with E-state index in [4.69, 9.17) is 0 Å². The summed E-state index contributed by atoms with van der Waals surface area (Å²) in [5.41, 5.74) is 4.10. The summed E-state index contributed by atoms with van der Waals surface area (Å²) >= 11 is 0. The van der Waals surface area contributed by atoms with Gasteiger partial charge in [-0.15, -0.1) is 4.41 Å². The SMILES string of the molecule is COC(=O)NN(CC=C(C)C)S(=O)(=O)c1ccc(C)cc1. The smallest absolute Gasteiger partial charge is 0.422 e. The van der Waals surface area contributed by atoms with Crippen molar-refractivity contribution >= 4 is 16.1 Å². The topological polar surface area (TPSA) is 75.7 Å². The molecule has 1 N–H and O–H groups in total. The van der Waals surface area contributed by atoms with Crippen LogP contribution in [0.2, 0.25) is 0 Å². The first-order valence-electron chi connectivity index (χ1n) is 6.34. The van der Waals surface area contributed by atoms with Crippen LogP contribution in [0.1, 0.15) is 19.4 Å². The number of allylic oxidation sites excluding steroid dienone is 1. The summed E-state index contributed by atoms with van der Waals surface area (Å²) in [4.78, 5) is 11.4. The van der Waals surface area contributed by atoms with E-state index in [9.17, 15) is 13.2 Å². The highest BCUT2D eigenvalue weighted by atomic mass is 32.2. The molecule has 0 saturated heterocycles. The Bertz CT molecular complexity index is 617. The molecule has 1 amide bonds. The van der Waals surface area contributed by atoms with Crippen LogP contribution in [0.25, 0.3) is 0 Å². The third-order valence-electron chi connectivity index (χ3n) is 2.68. The highest BCUT2D eigenvalue weighted by Gasteiger charge is 2.25. The number of hydrazine groups is 1. The van der Waals surface area contributed by atoms with E-state index < -0.39 is 16.1 Å². The molecule has 21 heavy (non-hydrogen) atoms. The molecule has 6 nitrogen and oxygen atoms in total. The van der Waals surface area contributed by atoms with Crippen molar-refractivity contribution in [3.8, 4) is 0 Å². The number of hydrogen-bond donors (Lipinski definition) is 1. The van der Waals surface area contributed by atoms with Gasteiger partial charge in [0.15, 0.2) is 0 Å². The normalized spacial score (nSPS) is 11.1. The fourth-order valence-electron chi connectivity index (χ4n) is 1.45. The molecule has 0 radical (unpaired) electrons. The fourth-order valence-corrected chi connectivity index (χ4v) is 2.65. The fraction of sp³-hybridized carbons (Fsp3) is 0.357. The maximum absolute atomic E-state index is 12.5. The zero-order valence-electron chi connectivity index (χ0n) is 12.6. The van der Waals surface area contributed by atoms with Gasteiger partial charge in [0.25, 0.3) is 10.0 Å². The molecule has 116 valence electrons. The van der Waals surface area contributed by atoms with Crippen LogP contribution in [0.5, 0.6) is 0 Å². The maximum atomic E-state index is 12.5. The Labute approximate surface area is 125 Å².